The van der Waals surface area contributed by atoms with E-state index >= 15 is 0 Å². The van der Waals surface area contributed by atoms with Crippen LogP contribution < -0.4 is 15.8 Å². The van der Waals surface area contributed by atoms with Gasteiger partial charge in [-0.15, -0.1) is 0 Å². The van der Waals surface area contributed by atoms with E-state index in [4.69, 9.17) is 4.74 Å². The number of morpholine rings is 1. The van der Waals surface area contributed by atoms with Crippen LogP contribution in [0.4, 0.5) is 5.95 Å². The van der Waals surface area contributed by atoms with Crippen LogP contribution in [0.2, 0.25) is 0 Å². The van der Waals surface area contributed by atoms with E-state index in [1.54, 1.807) is 16.9 Å². The van der Waals surface area contributed by atoms with Gasteiger partial charge in [0.2, 0.25) is 5.95 Å². The van der Waals surface area contributed by atoms with Gasteiger partial charge < -0.3 is 15.0 Å². The van der Waals surface area contributed by atoms with Crippen LogP contribution in [0, 0.1) is 0 Å². The Bertz CT molecular complexity index is 1170. The molecule has 0 spiro atoms. The van der Waals surface area contributed by atoms with E-state index in [2.05, 4.69) is 36.5 Å². The Morgan fingerprint density at radius 2 is 2.06 bits per heavy atom. The van der Waals surface area contributed by atoms with Crippen molar-refractivity contribution in [3.63, 3.8) is 0 Å². The summed E-state index contributed by atoms with van der Waals surface area (Å²) in [6.45, 7) is 4.08. The average Bonchev–Trinajstić information content (AvgIpc) is 3.28. The summed E-state index contributed by atoms with van der Waals surface area (Å²) in [7, 11) is 1.85. The number of aryl methyl sites for hydroxylation is 1. The second-order valence-corrected chi connectivity index (χ2v) is 8.04. The van der Waals surface area contributed by atoms with E-state index in [-0.39, 0.29) is 11.7 Å². The summed E-state index contributed by atoms with van der Waals surface area (Å²) in [6.07, 6.45) is 10.4. The van der Waals surface area contributed by atoms with Crippen LogP contribution in [0.1, 0.15) is 12.0 Å². The first-order chi connectivity index (χ1) is 15.7. The molecular formula is C22H26N8O2. The molecule has 1 fully saturated rings. The summed E-state index contributed by atoms with van der Waals surface area (Å²) in [5.74, 6) is 0.681. The van der Waals surface area contributed by atoms with E-state index in [0.29, 0.717) is 37.9 Å². The van der Waals surface area contributed by atoms with Gasteiger partial charge in [-0.3, -0.25) is 9.48 Å². The molecule has 3 aromatic rings. The third kappa shape index (κ3) is 4.46. The van der Waals surface area contributed by atoms with Crippen molar-refractivity contribution in [1.29, 1.82) is 0 Å². The maximum Gasteiger partial charge on any atom is 0.266 e. The summed E-state index contributed by atoms with van der Waals surface area (Å²) in [4.78, 5) is 23.7. The lowest BCUT2D eigenvalue weighted by atomic mass is 10.0. The molecule has 0 aromatic carbocycles. The maximum absolute atomic E-state index is 12.4. The zero-order valence-corrected chi connectivity index (χ0v) is 18.0. The van der Waals surface area contributed by atoms with Gasteiger partial charge >= 0.3 is 0 Å². The van der Waals surface area contributed by atoms with Gasteiger partial charge in [-0.1, -0.05) is 6.08 Å². The molecule has 0 radical (unpaired) electrons. The van der Waals surface area contributed by atoms with Gasteiger partial charge in [0.05, 0.1) is 31.1 Å². The van der Waals surface area contributed by atoms with E-state index < -0.39 is 0 Å². The third-order valence-electron chi connectivity index (χ3n) is 5.74. The van der Waals surface area contributed by atoms with E-state index in [1.165, 1.54) is 16.3 Å². The lowest BCUT2D eigenvalue weighted by molar-refractivity contribution is 0.0260. The molecule has 5 heterocycles. The lowest BCUT2D eigenvalue weighted by Crippen LogP contribution is -2.46. The molecule has 10 heteroatoms. The number of rotatable bonds is 5. The van der Waals surface area contributed by atoms with Gasteiger partial charge in [-0.2, -0.15) is 10.2 Å². The molecule has 2 aliphatic rings. The Labute approximate surface area is 185 Å². The lowest BCUT2D eigenvalue weighted by Gasteiger charge is -2.33. The Kier molecular flexibility index (Phi) is 5.78. The summed E-state index contributed by atoms with van der Waals surface area (Å²) in [6, 6.07) is 3.25. The molecule has 0 bridgehead atoms. The summed E-state index contributed by atoms with van der Waals surface area (Å²) < 4.78 is 9.10. The van der Waals surface area contributed by atoms with Crippen LogP contribution in [0.15, 0.2) is 47.8 Å². The van der Waals surface area contributed by atoms with Crippen LogP contribution in [0.3, 0.4) is 0 Å². The normalized spacial score (nSPS) is 19.1. The fraction of sp³-hybridized carbons (Fsp3) is 0.409. The van der Waals surface area contributed by atoms with Gasteiger partial charge in [-0.05, 0) is 24.6 Å². The Morgan fingerprint density at radius 1 is 1.19 bits per heavy atom. The minimum absolute atomic E-state index is 0.158. The fourth-order valence-electron chi connectivity index (χ4n) is 4.03. The number of nitrogens with one attached hydrogen (secondary N) is 1. The quantitative estimate of drug-likeness (QED) is 0.627. The topological polar surface area (TPSA) is 103 Å². The van der Waals surface area contributed by atoms with Gasteiger partial charge in [-0.25, -0.2) is 14.6 Å². The predicted octanol–water partition coefficient (Wildman–Crippen LogP) is 0.716. The highest BCUT2D eigenvalue weighted by molar-refractivity contribution is 5.65. The third-order valence-corrected chi connectivity index (χ3v) is 5.74. The highest BCUT2D eigenvalue weighted by atomic mass is 16.5. The summed E-state index contributed by atoms with van der Waals surface area (Å²) in [5, 5.41) is 12.0. The predicted molar refractivity (Wildman–Crippen MR) is 120 cm³/mol. The number of hydrogen-bond donors (Lipinski definition) is 1. The number of ether oxygens (including phenoxy) is 1. The highest BCUT2D eigenvalue weighted by Gasteiger charge is 2.24. The van der Waals surface area contributed by atoms with Crippen LogP contribution in [-0.4, -0.2) is 68.4 Å². The van der Waals surface area contributed by atoms with Crippen LogP contribution >= 0.6 is 0 Å². The SMILES string of the molecule is Cn1cc(-c2ccc(=O)n(C[C@@H]3CN(c4ncc(C5=CCNCC5)cn4)CCO3)n2)cn1. The molecule has 0 saturated carbocycles. The van der Waals surface area contributed by atoms with Crippen LogP contribution in [-0.2, 0) is 18.3 Å². The first kappa shape index (κ1) is 20.5. The second-order valence-electron chi connectivity index (χ2n) is 8.04. The number of nitrogens with zero attached hydrogens (tertiary/aromatic N) is 7. The van der Waals surface area contributed by atoms with Gasteiger partial charge in [0.25, 0.3) is 5.56 Å². The molecule has 10 nitrogen and oxygen atoms in total. The molecule has 166 valence electrons. The largest absolute Gasteiger partial charge is 0.373 e. The summed E-state index contributed by atoms with van der Waals surface area (Å²) in [5.41, 5.74) is 3.77. The van der Waals surface area contributed by atoms with Crippen LogP contribution in [0.25, 0.3) is 16.8 Å². The minimum atomic E-state index is -0.187. The fourth-order valence-corrected chi connectivity index (χ4v) is 4.03. The molecular weight excluding hydrogens is 408 g/mol. The highest BCUT2D eigenvalue weighted by Crippen LogP contribution is 2.20. The molecule has 0 amide bonds. The minimum Gasteiger partial charge on any atom is -0.373 e. The summed E-state index contributed by atoms with van der Waals surface area (Å²) >= 11 is 0. The standard InChI is InChI=1S/C22H26N8O2/c1-28-13-18(12-26-28)20-2-3-21(31)30(27-20)15-19-14-29(8-9-32-19)22-24-10-17(11-25-22)16-4-6-23-7-5-16/h2-4,10-13,19,23H,5-9,14-15H2,1H3/t19-/m0/s1. The molecule has 0 unspecified atom stereocenters. The van der Waals surface area contributed by atoms with Crippen LogP contribution in [0.5, 0.6) is 0 Å². The molecule has 32 heavy (non-hydrogen) atoms. The van der Waals surface area contributed by atoms with E-state index in [0.717, 1.165) is 30.6 Å². The van der Waals surface area contributed by atoms with E-state index in [9.17, 15) is 4.79 Å². The van der Waals surface area contributed by atoms with Gasteiger partial charge in [0.15, 0.2) is 0 Å². The number of hydrogen-bond acceptors (Lipinski definition) is 8. The van der Waals surface area contributed by atoms with Crippen molar-refractivity contribution < 1.29 is 4.74 Å². The van der Waals surface area contributed by atoms with Crippen molar-refractivity contribution >= 4 is 11.5 Å². The van der Waals surface area contributed by atoms with Crippen molar-refractivity contribution in [2.24, 2.45) is 7.05 Å². The molecule has 1 saturated heterocycles. The van der Waals surface area contributed by atoms with Gasteiger partial charge in [0.1, 0.15) is 0 Å². The van der Waals surface area contributed by atoms with Crippen molar-refractivity contribution in [2.45, 2.75) is 19.1 Å². The monoisotopic (exact) mass is 434 g/mol. The molecule has 2 aliphatic heterocycles. The molecule has 1 N–H and O–H groups in total. The first-order valence-corrected chi connectivity index (χ1v) is 10.8. The molecule has 0 aliphatic carbocycles. The van der Waals surface area contributed by atoms with Gasteiger partial charge in [0, 0.05) is 62.5 Å². The van der Waals surface area contributed by atoms with Crippen molar-refractivity contribution in [1.82, 2.24) is 34.8 Å². The molecule has 1 atom stereocenters. The first-order valence-electron chi connectivity index (χ1n) is 10.8. The van der Waals surface area contributed by atoms with E-state index in [1.807, 2.05) is 25.6 Å². The number of anilines is 1. The van der Waals surface area contributed by atoms with Crippen molar-refractivity contribution in [2.75, 3.05) is 37.7 Å². The smallest absolute Gasteiger partial charge is 0.266 e. The molecule has 3 aromatic heterocycles. The average molecular weight is 435 g/mol. The number of aromatic nitrogens is 6. The molecule has 5 rings (SSSR count). The van der Waals surface area contributed by atoms with Crippen molar-refractivity contribution in [3.8, 4) is 11.3 Å². The Balaban J connectivity index is 1.28. The van der Waals surface area contributed by atoms with Crippen molar-refractivity contribution in [3.05, 3.63) is 58.9 Å². The Morgan fingerprint density at radius 3 is 2.81 bits per heavy atom. The zero-order valence-electron chi connectivity index (χ0n) is 18.0. The maximum atomic E-state index is 12.4. The Hall–Kier alpha value is -3.37. The zero-order chi connectivity index (χ0) is 21.9. The second kappa shape index (κ2) is 9.01.